The predicted molar refractivity (Wildman–Crippen MR) is 144 cm³/mol. The van der Waals surface area contributed by atoms with E-state index in [4.69, 9.17) is 5.73 Å². The number of aromatic amines is 1. The molecular formula is C27H26F4N6O5. The molecule has 4 N–H and O–H groups in total. The molecule has 0 bridgehead atoms. The topological polar surface area (TPSA) is 154 Å². The Morgan fingerprint density at radius 2 is 1.81 bits per heavy atom. The molecule has 0 aliphatic carbocycles. The Kier molecular flexibility index (Phi) is 8.78. The number of rotatable bonds is 10. The second-order valence-electron chi connectivity index (χ2n) is 9.41. The van der Waals surface area contributed by atoms with Gasteiger partial charge in [-0.25, -0.2) is 19.0 Å². The second-order valence-corrected chi connectivity index (χ2v) is 9.41. The lowest BCUT2D eigenvalue weighted by atomic mass is 10.1. The van der Waals surface area contributed by atoms with E-state index in [0.717, 1.165) is 17.1 Å². The number of esters is 1. The van der Waals surface area contributed by atoms with Crippen molar-refractivity contribution in [3.8, 4) is 0 Å². The maximum absolute atomic E-state index is 14.4. The molecule has 0 spiro atoms. The second kappa shape index (κ2) is 12.3. The highest BCUT2D eigenvalue weighted by molar-refractivity contribution is 5.93. The van der Waals surface area contributed by atoms with Gasteiger partial charge in [-0.15, -0.1) is 0 Å². The van der Waals surface area contributed by atoms with Crippen molar-refractivity contribution in [2.45, 2.75) is 45.5 Å². The molecule has 4 rings (SSSR count). The first-order valence-corrected chi connectivity index (χ1v) is 12.8. The van der Waals surface area contributed by atoms with E-state index in [0.29, 0.717) is 17.8 Å². The number of amides is 1. The number of nitrogens with zero attached hydrogens (tertiary/aromatic N) is 3. The van der Waals surface area contributed by atoms with Crippen LogP contribution >= 0.6 is 0 Å². The fourth-order valence-corrected chi connectivity index (χ4v) is 4.15. The summed E-state index contributed by atoms with van der Waals surface area (Å²) in [7, 11) is 0. The number of benzene rings is 2. The highest BCUT2D eigenvalue weighted by Gasteiger charge is 2.41. The number of unbranched alkanes of at least 4 members (excludes halogenated alkanes) is 1. The smallest absolute Gasteiger partial charge is 0.449 e. The van der Waals surface area contributed by atoms with E-state index in [1.165, 1.54) is 28.8 Å². The van der Waals surface area contributed by atoms with E-state index in [2.05, 4.69) is 20.0 Å². The van der Waals surface area contributed by atoms with Crippen LogP contribution in [0.2, 0.25) is 0 Å². The predicted octanol–water partition coefficient (Wildman–Crippen LogP) is 3.09. The molecule has 11 nitrogen and oxygen atoms in total. The normalized spacial score (nSPS) is 11.5. The summed E-state index contributed by atoms with van der Waals surface area (Å²) in [5, 5.41) is 2.31. The minimum atomic E-state index is -5.20. The number of aromatic nitrogens is 4. The lowest BCUT2D eigenvalue weighted by Gasteiger charge is -2.12. The number of carbonyl (C=O) groups excluding carboxylic acids is 2. The number of nitrogens with two attached hydrogens (primary N) is 1. The first kappa shape index (κ1) is 30.0. The van der Waals surface area contributed by atoms with Crippen LogP contribution in [0.1, 0.15) is 36.7 Å². The first-order valence-electron chi connectivity index (χ1n) is 12.8. The summed E-state index contributed by atoms with van der Waals surface area (Å²) < 4.78 is 57.2. The van der Waals surface area contributed by atoms with Crippen LogP contribution in [0, 0.1) is 5.82 Å². The zero-order valence-corrected chi connectivity index (χ0v) is 22.3. The van der Waals surface area contributed by atoms with E-state index in [-0.39, 0.29) is 47.6 Å². The quantitative estimate of drug-likeness (QED) is 0.146. The van der Waals surface area contributed by atoms with Gasteiger partial charge in [0, 0.05) is 29.9 Å². The van der Waals surface area contributed by atoms with E-state index >= 15 is 0 Å². The molecule has 15 heteroatoms. The molecule has 1 amide bonds. The zero-order chi connectivity index (χ0) is 30.6. The number of nitrogen functional groups attached to an aromatic ring is 1. The van der Waals surface area contributed by atoms with Crippen molar-refractivity contribution < 1.29 is 31.9 Å². The summed E-state index contributed by atoms with van der Waals surface area (Å²) >= 11 is 0. The molecule has 222 valence electrons. The molecule has 2 aromatic heterocycles. The average Bonchev–Trinajstić information content (AvgIpc) is 3.35. The number of aryl methyl sites for hydroxylation is 1. The summed E-state index contributed by atoms with van der Waals surface area (Å²) in [4.78, 5) is 56.7. The summed E-state index contributed by atoms with van der Waals surface area (Å²) in [6.45, 7) is 0.786. The van der Waals surface area contributed by atoms with Crippen LogP contribution in [0.25, 0.3) is 11.2 Å². The van der Waals surface area contributed by atoms with Gasteiger partial charge in [-0.3, -0.25) is 18.7 Å². The van der Waals surface area contributed by atoms with Gasteiger partial charge in [0.25, 0.3) is 11.5 Å². The van der Waals surface area contributed by atoms with Crippen molar-refractivity contribution in [1.82, 2.24) is 19.1 Å². The highest BCUT2D eigenvalue weighted by atomic mass is 19.4. The summed E-state index contributed by atoms with van der Waals surface area (Å²) in [5.74, 6) is -3.68. The average molecular weight is 591 g/mol. The van der Waals surface area contributed by atoms with Crippen molar-refractivity contribution in [3.63, 3.8) is 0 Å². The molecule has 4 aromatic rings. The van der Waals surface area contributed by atoms with Gasteiger partial charge in [0.2, 0.25) is 0 Å². The molecule has 0 aliphatic heterocycles. The first-order chi connectivity index (χ1) is 19.9. The van der Waals surface area contributed by atoms with Crippen molar-refractivity contribution in [1.29, 1.82) is 0 Å². The number of hydrogen-bond donors (Lipinski definition) is 3. The molecule has 0 fully saturated rings. The SMILES string of the molecule is CCCCn1c(=O)n(Cc2cc(N)ccc2F)c(=O)c2[nH]c(Cc3ccc(NC(=O)COC(=O)C(F)(F)F)cc3)nc21. The van der Waals surface area contributed by atoms with Crippen molar-refractivity contribution in [3.05, 3.63) is 86.1 Å². The number of hydrogen-bond acceptors (Lipinski definition) is 7. The molecule has 42 heavy (non-hydrogen) atoms. The lowest BCUT2D eigenvalue weighted by molar-refractivity contribution is -0.199. The molecule has 0 unspecified atom stereocenters. The van der Waals surface area contributed by atoms with Gasteiger partial charge in [0.1, 0.15) is 17.2 Å². The van der Waals surface area contributed by atoms with Gasteiger partial charge >= 0.3 is 17.8 Å². The Morgan fingerprint density at radius 3 is 2.48 bits per heavy atom. The lowest BCUT2D eigenvalue weighted by Crippen LogP contribution is -2.40. The Balaban J connectivity index is 1.56. The van der Waals surface area contributed by atoms with E-state index in [9.17, 15) is 36.7 Å². The molecule has 0 aliphatic rings. The molecule has 2 heterocycles. The maximum atomic E-state index is 14.4. The highest BCUT2D eigenvalue weighted by Crippen LogP contribution is 2.18. The molecule has 0 saturated heterocycles. The minimum absolute atomic E-state index is 0.0716. The number of halogens is 4. The maximum Gasteiger partial charge on any atom is 0.490 e. The number of fused-ring (bicyclic) bond motifs is 1. The summed E-state index contributed by atoms with van der Waals surface area (Å²) in [6.07, 6.45) is -3.62. The van der Waals surface area contributed by atoms with Crippen molar-refractivity contribution in [2.24, 2.45) is 0 Å². The summed E-state index contributed by atoms with van der Waals surface area (Å²) in [5.41, 5.74) is 5.97. The third-order valence-corrected chi connectivity index (χ3v) is 6.22. The van der Waals surface area contributed by atoms with Gasteiger partial charge in [0.05, 0.1) is 6.54 Å². The minimum Gasteiger partial charge on any atom is -0.449 e. The standard InChI is InChI=1S/C27H26F4N6O5/c1-2-3-10-36-23-22(24(39)37(26(36)41)13-16-12-17(32)6-9-19(16)28)34-20(35-23)11-15-4-7-18(8-5-15)33-21(38)14-42-25(40)27(29,30)31/h4-9,12H,2-3,10-11,13-14,32H2,1H3,(H,33,38)(H,34,35). The zero-order valence-electron chi connectivity index (χ0n) is 22.3. The molecular weight excluding hydrogens is 564 g/mol. The van der Waals surface area contributed by atoms with Gasteiger partial charge in [-0.05, 0) is 42.3 Å². The largest absolute Gasteiger partial charge is 0.490 e. The number of carbonyl (C=O) groups is 2. The fraction of sp³-hybridized carbons (Fsp3) is 0.296. The molecule has 0 radical (unpaired) electrons. The van der Waals surface area contributed by atoms with Gasteiger partial charge in [0.15, 0.2) is 12.3 Å². The van der Waals surface area contributed by atoms with Gasteiger partial charge < -0.3 is 20.8 Å². The molecule has 0 saturated carbocycles. The number of H-pyrrole nitrogens is 1. The van der Waals surface area contributed by atoms with Crippen LogP contribution in [0.3, 0.4) is 0 Å². The van der Waals surface area contributed by atoms with Crippen LogP contribution in [0.5, 0.6) is 0 Å². The van der Waals surface area contributed by atoms with E-state index in [1.807, 2.05) is 6.92 Å². The third-order valence-electron chi connectivity index (χ3n) is 6.22. The Labute approximate surface area is 234 Å². The Hall–Kier alpha value is -4.95. The van der Waals surface area contributed by atoms with E-state index < -0.39 is 41.7 Å². The van der Waals surface area contributed by atoms with Gasteiger partial charge in [-0.1, -0.05) is 25.5 Å². The van der Waals surface area contributed by atoms with Crippen molar-refractivity contribution >= 4 is 34.4 Å². The fourth-order valence-electron chi connectivity index (χ4n) is 4.15. The Bertz CT molecular complexity index is 1740. The Morgan fingerprint density at radius 1 is 1.10 bits per heavy atom. The number of alkyl halides is 3. The monoisotopic (exact) mass is 590 g/mol. The van der Waals surface area contributed by atoms with Crippen LogP contribution in [0.15, 0.2) is 52.1 Å². The van der Waals surface area contributed by atoms with Crippen LogP contribution < -0.4 is 22.3 Å². The molecule has 0 atom stereocenters. The van der Waals surface area contributed by atoms with E-state index in [1.54, 1.807) is 12.1 Å². The summed E-state index contributed by atoms with van der Waals surface area (Å²) in [6, 6.07) is 10.1. The number of ether oxygens (including phenoxy) is 1. The van der Waals surface area contributed by atoms with Crippen LogP contribution in [-0.2, 0) is 33.8 Å². The molecule has 2 aromatic carbocycles. The van der Waals surface area contributed by atoms with Crippen molar-refractivity contribution in [2.75, 3.05) is 17.7 Å². The number of imidazole rings is 1. The third kappa shape index (κ3) is 6.85. The number of nitrogens with one attached hydrogen (secondary N) is 2. The van der Waals surface area contributed by atoms with Crippen LogP contribution in [-0.4, -0.2) is 43.8 Å². The van der Waals surface area contributed by atoms with Crippen LogP contribution in [0.4, 0.5) is 28.9 Å². The van der Waals surface area contributed by atoms with Gasteiger partial charge in [-0.2, -0.15) is 13.2 Å². The number of anilines is 2.